The number of aliphatic hydroxyl groups excluding tert-OH is 1. The topological polar surface area (TPSA) is 87.6 Å². The molecule has 1 heterocycles. The lowest BCUT2D eigenvalue weighted by atomic mass is 10.1. The molecule has 2 rings (SSSR count). The SMILES string of the molecule is CN(C)C(=O)c1nnsc1-c1ccccc1OCC(O)CNC(C)(C)C. The van der Waals surface area contributed by atoms with Gasteiger partial charge in [-0.05, 0) is 44.4 Å². The fraction of sp³-hybridized carbons (Fsp3) is 0.500. The van der Waals surface area contributed by atoms with Gasteiger partial charge in [0.25, 0.3) is 5.91 Å². The van der Waals surface area contributed by atoms with Gasteiger partial charge in [-0.3, -0.25) is 4.79 Å². The zero-order chi connectivity index (χ0) is 19.3. The van der Waals surface area contributed by atoms with E-state index in [1.165, 1.54) is 4.90 Å². The van der Waals surface area contributed by atoms with Gasteiger partial charge < -0.3 is 20.1 Å². The average Bonchev–Trinajstić information content (AvgIpc) is 3.06. The summed E-state index contributed by atoms with van der Waals surface area (Å²) < 4.78 is 9.74. The van der Waals surface area contributed by atoms with Crippen molar-refractivity contribution in [3.05, 3.63) is 30.0 Å². The summed E-state index contributed by atoms with van der Waals surface area (Å²) in [5.74, 6) is 0.374. The van der Waals surface area contributed by atoms with Crippen LogP contribution in [0.15, 0.2) is 24.3 Å². The first-order valence-electron chi connectivity index (χ1n) is 8.38. The molecule has 8 heteroatoms. The van der Waals surface area contributed by atoms with Gasteiger partial charge in [-0.15, -0.1) is 5.10 Å². The molecule has 1 amide bonds. The van der Waals surface area contributed by atoms with Crippen molar-refractivity contribution in [2.75, 3.05) is 27.2 Å². The first-order chi connectivity index (χ1) is 12.2. The maximum Gasteiger partial charge on any atom is 0.275 e. The number of rotatable bonds is 7. The maximum absolute atomic E-state index is 12.3. The molecule has 0 saturated carbocycles. The van der Waals surface area contributed by atoms with E-state index in [4.69, 9.17) is 4.74 Å². The van der Waals surface area contributed by atoms with Gasteiger partial charge in [-0.25, -0.2) is 0 Å². The highest BCUT2D eigenvalue weighted by Crippen LogP contribution is 2.34. The molecule has 0 spiro atoms. The minimum Gasteiger partial charge on any atom is -0.490 e. The number of nitrogens with one attached hydrogen (secondary N) is 1. The van der Waals surface area contributed by atoms with Crippen LogP contribution >= 0.6 is 11.5 Å². The van der Waals surface area contributed by atoms with Crippen LogP contribution < -0.4 is 10.1 Å². The smallest absolute Gasteiger partial charge is 0.275 e. The largest absolute Gasteiger partial charge is 0.490 e. The first kappa shape index (κ1) is 20.3. The molecule has 7 nitrogen and oxygen atoms in total. The Hall–Kier alpha value is -2.03. The van der Waals surface area contributed by atoms with Gasteiger partial charge in [-0.1, -0.05) is 16.6 Å². The number of hydrogen-bond acceptors (Lipinski definition) is 7. The Morgan fingerprint density at radius 1 is 1.35 bits per heavy atom. The number of amides is 1. The molecule has 1 aromatic heterocycles. The molecular weight excluding hydrogens is 352 g/mol. The van der Waals surface area contributed by atoms with Gasteiger partial charge in [0.2, 0.25) is 0 Å². The Morgan fingerprint density at radius 2 is 2.04 bits per heavy atom. The molecule has 2 N–H and O–H groups in total. The lowest BCUT2D eigenvalue weighted by Gasteiger charge is -2.23. The number of carbonyl (C=O) groups is 1. The zero-order valence-electron chi connectivity index (χ0n) is 15.8. The Labute approximate surface area is 158 Å². The Kier molecular flexibility index (Phi) is 6.69. The van der Waals surface area contributed by atoms with Crippen molar-refractivity contribution in [3.8, 4) is 16.2 Å². The van der Waals surface area contributed by atoms with Crippen LogP contribution in [-0.2, 0) is 0 Å². The number of benzene rings is 1. The number of aliphatic hydroxyl groups is 1. The van der Waals surface area contributed by atoms with E-state index >= 15 is 0 Å². The summed E-state index contributed by atoms with van der Waals surface area (Å²) >= 11 is 1.15. The van der Waals surface area contributed by atoms with Crippen LogP contribution in [0.25, 0.3) is 10.4 Å². The summed E-state index contributed by atoms with van der Waals surface area (Å²) in [6.45, 7) is 6.68. The van der Waals surface area contributed by atoms with Crippen molar-refractivity contribution in [2.45, 2.75) is 32.4 Å². The van der Waals surface area contributed by atoms with Gasteiger partial charge >= 0.3 is 0 Å². The van der Waals surface area contributed by atoms with Crippen LogP contribution in [0.2, 0.25) is 0 Å². The molecule has 0 aliphatic rings. The van der Waals surface area contributed by atoms with E-state index < -0.39 is 6.10 Å². The summed E-state index contributed by atoms with van der Waals surface area (Å²) in [7, 11) is 3.35. The Balaban J connectivity index is 2.14. The highest BCUT2D eigenvalue weighted by Gasteiger charge is 2.22. The van der Waals surface area contributed by atoms with Gasteiger partial charge in [0.1, 0.15) is 18.5 Å². The van der Waals surface area contributed by atoms with E-state index in [2.05, 4.69) is 14.9 Å². The summed E-state index contributed by atoms with van der Waals surface area (Å²) in [6.07, 6.45) is -0.648. The van der Waals surface area contributed by atoms with E-state index in [0.29, 0.717) is 22.9 Å². The van der Waals surface area contributed by atoms with E-state index in [1.54, 1.807) is 14.1 Å². The van der Waals surface area contributed by atoms with Crippen LogP contribution in [0.3, 0.4) is 0 Å². The number of hydrogen-bond donors (Lipinski definition) is 2. The second kappa shape index (κ2) is 8.57. The van der Waals surface area contributed by atoms with E-state index in [-0.39, 0.29) is 18.1 Å². The predicted octanol–water partition coefficient (Wildman–Crippen LogP) is 2.03. The van der Waals surface area contributed by atoms with E-state index in [0.717, 1.165) is 17.1 Å². The normalized spacial score (nSPS) is 12.7. The van der Waals surface area contributed by atoms with Crippen molar-refractivity contribution < 1.29 is 14.6 Å². The van der Waals surface area contributed by atoms with Gasteiger partial charge in [0.05, 0.1) is 4.88 Å². The van der Waals surface area contributed by atoms with Crippen molar-refractivity contribution >= 4 is 17.4 Å². The summed E-state index contributed by atoms with van der Waals surface area (Å²) in [4.78, 5) is 14.4. The lowest BCUT2D eigenvalue weighted by Crippen LogP contribution is -2.42. The molecule has 0 radical (unpaired) electrons. The summed E-state index contributed by atoms with van der Waals surface area (Å²) in [5, 5.41) is 17.3. The van der Waals surface area contributed by atoms with Crippen LogP contribution in [0.5, 0.6) is 5.75 Å². The van der Waals surface area contributed by atoms with Gasteiger partial charge in [0.15, 0.2) is 5.69 Å². The number of carbonyl (C=O) groups excluding carboxylic acids is 1. The first-order valence-corrected chi connectivity index (χ1v) is 9.15. The highest BCUT2D eigenvalue weighted by molar-refractivity contribution is 7.09. The molecule has 0 saturated heterocycles. The minimum atomic E-state index is -0.648. The van der Waals surface area contributed by atoms with E-state index in [9.17, 15) is 9.90 Å². The zero-order valence-corrected chi connectivity index (χ0v) is 16.6. The molecule has 1 aromatic carbocycles. The van der Waals surface area contributed by atoms with Gasteiger partial charge in [0, 0.05) is 31.7 Å². The molecule has 142 valence electrons. The summed E-state index contributed by atoms with van der Waals surface area (Å²) in [6, 6.07) is 7.38. The standard InChI is InChI=1S/C18H26N4O3S/c1-18(2,3)19-10-12(23)11-25-14-9-7-6-8-13(14)16-15(20-21-26-16)17(24)22(4)5/h6-9,12,19,23H,10-11H2,1-5H3. The number of nitrogens with zero attached hydrogens (tertiary/aromatic N) is 3. The summed E-state index contributed by atoms with van der Waals surface area (Å²) in [5.41, 5.74) is 0.962. The van der Waals surface area contributed by atoms with Crippen molar-refractivity contribution in [1.82, 2.24) is 19.8 Å². The molecule has 1 unspecified atom stereocenters. The van der Waals surface area contributed by atoms with Crippen LogP contribution in [0, 0.1) is 0 Å². The fourth-order valence-electron chi connectivity index (χ4n) is 2.17. The van der Waals surface area contributed by atoms with Crippen molar-refractivity contribution in [3.63, 3.8) is 0 Å². The molecule has 0 aliphatic carbocycles. The molecule has 26 heavy (non-hydrogen) atoms. The minimum absolute atomic E-state index is 0.0748. The van der Waals surface area contributed by atoms with Crippen LogP contribution in [-0.4, -0.2) is 64.4 Å². The predicted molar refractivity (Wildman–Crippen MR) is 103 cm³/mol. The van der Waals surface area contributed by atoms with Crippen molar-refractivity contribution in [2.24, 2.45) is 0 Å². The Morgan fingerprint density at radius 3 is 2.69 bits per heavy atom. The molecular formula is C18H26N4O3S. The quantitative estimate of drug-likeness (QED) is 0.767. The second-order valence-electron chi connectivity index (χ2n) is 7.24. The van der Waals surface area contributed by atoms with Crippen molar-refractivity contribution in [1.29, 1.82) is 0 Å². The van der Waals surface area contributed by atoms with E-state index in [1.807, 2.05) is 45.0 Å². The van der Waals surface area contributed by atoms with Crippen LogP contribution in [0.4, 0.5) is 0 Å². The van der Waals surface area contributed by atoms with Crippen LogP contribution in [0.1, 0.15) is 31.3 Å². The Bertz CT molecular complexity index is 740. The fourth-order valence-corrected chi connectivity index (χ4v) is 2.85. The third-order valence-corrected chi connectivity index (χ3v) is 4.29. The number of aromatic nitrogens is 2. The van der Waals surface area contributed by atoms with Gasteiger partial charge in [-0.2, -0.15) is 0 Å². The monoisotopic (exact) mass is 378 g/mol. The molecule has 0 bridgehead atoms. The molecule has 2 aromatic rings. The lowest BCUT2D eigenvalue weighted by molar-refractivity contribution is 0.0822. The second-order valence-corrected chi connectivity index (χ2v) is 8.00. The number of para-hydroxylation sites is 1. The highest BCUT2D eigenvalue weighted by atomic mass is 32.1. The third kappa shape index (κ3) is 5.48. The molecule has 1 atom stereocenters. The average molecular weight is 378 g/mol. The third-order valence-electron chi connectivity index (χ3n) is 3.53. The maximum atomic E-state index is 12.3. The molecule has 0 aliphatic heterocycles. The number of ether oxygens (including phenoxy) is 1. The molecule has 0 fully saturated rings. The number of β-amino-alcohol motifs (C(OH)–C–C–N with tert-alkyl or cyclic N) is 1.